The molecule has 0 saturated heterocycles. The Hall–Kier alpha value is -2.73. The van der Waals surface area contributed by atoms with Crippen LogP contribution in [0, 0.1) is 0 Å². The molecule has 0 radical (unpaired) electrons. The summed E-state index contributed by atoms with van der Waals surface area (Å²) in [5.74, 6) is 0.235. The fourth-order valence-electron chi connectivity index (χ4n) is 2.11. The topological polar surface area (TPSA) is 79.5 Å². The van der Waals surface area contributed by atoms with Crippen molar-refractivity contribution in [3.05, 3.63) is 53.6 Å². The van der Waals surface area contributed by atoms with Crippen molar-refractivity contribution in [1.82, 2.24) is 5.32 Å². The second-order valence-electron chi connectivity index (χ2n) is 6.04. The van der Waals surface area contributed by atoms with Crippen LogP contribution in [0.2, 0.25) is 5.02 Å². The van der Waals surface area contributed by atoms with E-state index in [9.17, 15) is 9.59 Å². The lowest BCUT2D eigenvalue weighted by atomic mass is 10.2. The molecule has 6 nitrogen and oxygen atoms in total. The smallest absolute Gasteiger partial charge is 0.319 e. The summed E-state index contributed by atoms with van der Waals surface area (Å²) in [7, 11) is 0. The molecular weight excluding hydrogens is 354 g/mol. The first-order valence-corrected chi connectivity index (χ1v) is 8.62. The van der Waals surface area contributed by atoms with Crippen molar-refractivity contribution >= 4 is 34.9 Å². The van der Waals surface area contributed by atoms with E-state index in [0.29, 0.717) is 22.1 Å². The van der Waals surface area contributed by atoms with Gasteiger partial charge in [-0.15, -0.1) is 0 Å². The maximum atomic E-state index is 12.2. The summed E-state index contributed by atoms with van der Waals surface area (Å²) in [4.78, 5) is 23.9. The molecule has 0 aliphatic rings. The van der Waals surface area contributed by atoms with Crippen LogP contribution < -0.4 is 20.7 Å². The lowest BCUT2D eigenvalue weighted by molar-refractivity contribution is -0.122. The van der Waals surface area contributed by atoms with Gasteiger partial charge >= 0.3 is 6.03 Å². The zero-order chi connectivity index (χ0) is 19.1. The van der Waals surface area contributed by atoms with Crippen molar-refractivity contribution in [2.45, 2.75) is 32.9 Å². The van der Waals surface area contributed by atoms with E-state index in [2.05, 4.69) is 16.0 Å². The molecule has 0 fully saturated rings. The van der Waals surface area contributed by atoms with Gasteiger partial charge < -0.3 is 20.7 Å². The summed E-state index contributed by atoms with van der Waals surface area (Å²) in [6.07, 6.45) is -0.692. The number of urea groups is 1. The summed E-state index contributed by atoms with van der Waals surface area (Å²) in [5.41, 5.74) is 1.23. The first-order valence-electron chi connectivity index (χ1n) is 8.24. The predicted octanol–water partition coefficient (Wildman–Crippen LogP) is 4.28. The molecule has 2 aromatic rings. The van der Waals surface area contributed by atoms with E-state index < -0.39 is 6.10 Å². The molecule has 2 aromatic carbocycles. The summed E-state index contributed by atoms with van der Waals surface area (Å²) in [6, 6.07) is 13.5. The monoisotopic (exact) mass is 375 g/mol. The molecule has 0 saturated carbocycles. The number of benzene rings is 2. The number of carbonyl (C=O) groups is 2. The van der Waals surface area contributed by atoms with E-state index in [1.807, 2.05) is 13.8 Å². The third-order valence-corrected chi connectivity index (χ3v) is 3.54. The highest BCUT2D eigenvalue weighted by Gasteiger charge is 2.15. The highest BCUT2D eigenvalue weighted by molar-refractivity contribution is 6.30. The number of anilines is 2. The molecule has 0 aliphatic heterocycles. The van der Waals surface area contributed by atoms with Gasteiger partial charge in [0, 0.05) is 22.4 Å². The van der Waals surface area contributed by atoms with Gasteiger partial charge in [0.15, 0.2) is 6.10 Å². The average Bonchev–Trinajstić information content (AvgIpc) is 2.55. The van der Waals surface area contributed by atoms with Crippen molar-refractivity contribution in [3.8, 4) is 5.75 Å². The maximum absolute atomic E-state index is 12.2. The van der Waals surface area contributed by atoms with Gasteiger partial charge in [-0.1, -0.05) is 17.7 Å². The maximum Gasteiger partial charge on any atom is 0.319 e. The van der Waals surface area contributed by atoms with Crippen LogP contribution in [-0.2, 0) is 4.79 Å². The quantitative estimate of drug-likeness (QED) is 0.705. The first-order chi connectivity index (χ1) is 12.3. The van der Waals surface area contributed by atoms with E-state index >= 15 is 0 Å². The van der Waals surface area contributed by atoms with Crippen LogP contribution in [0.1, 0.15) is 20.8 Å². The van der Waals surface area contributed by atoms with Crippen LogP contribution in [0.25, 0.3) is 0 Å². The van der Waals surface area contributed by atoms with Crippen molar-refractivity contribution in [3.63, 3.8) is 0 Å². The van der Waals surface area contributed by atoms with E-state index in [0.717, 1.165) is 0 Å². The Kier molecular flexibility index (Phi) is 6.86. The summed E-state index contributed by atoms with van der Waals surface area (Å²) < 4.78 is 5.58. The van der Waals surface area contributed by atoms with Crippen molar-refractivity contribution < 1.29 is 14.3 Å². The van der Waals surface area contributed by atoms with Gasteiger partial charge in [-0.2, -0.15) is 0 Å². The normalized spacial score (nSPS) is 11.6. The van der Waals surface area contributed by atoms with Gasteiger partial charge in [-0.3, -0.25) is 4.79 Å². The Morgan fingerprint density at radius 1 is 0.962 bits per heavy atom. The molecule has 2 rings (SSSR count). The van der Waals surface area contributed by atoms with E-state index in [-0.39, 0.29) is 18.0 Å². The molecule has 7 heteroatoms. The van der Waals surface area contributed by atoms with Crippen LogP contribution in [0.4, 0.5) is 16.2 Å². The molecule has 1 atom stereocenters. The number of ether oxygens (including phenoxy) is 1. The van der Waals surface area contributed by atoms with Gasteiger partial charge in [0.05, 0.1) is 0 Å². The third kappa shape index (κ3) is 6.29. The lowest BCUT2D eigenvalue weighted by Crippen LogP contribution is -2.34. The fourth-order valence-corrected chi connectivity index (χ4v) is 2.29. The number of nitrogens with one attached hydrogen (secondary N) is 3. The molecule has 26 heavy (non-hydrogen) atoms. The van der Waals surface area contributed by atoms with Gasteiger partial charge in [-0.05, 0) is 63.2 Å². The number of hydrogen-bond donors (Lipinski definition) is 3. The Labute approximate surface area is 157 Å². The van der Waals surface area contributed by atoms with Gasteiger partial charge in [0.2, 0.25) is 0 Å². The first kappa shape index (κ1) is 19.6. The van der Waals surface area contributed by atoms with E-state index in [4.69, 9.17) is 16.3 Å². The highest BCUT2D eigenvalue weighted by Crippen LogP contribution is 2.19. The van der Waals surface area contributed by atoms with Gasteiger partial charge in [-0.25, -0.2) is 4.79 Å². The van der Waals surface area contributed by atoms with Crippen LogP contribution in [0.15, 0.2) is 48.5 Å². The summed E-state index contributed by atoms with van der Waals surface area (Å²) in [6.45, 7) is 5.41. The third-order valence-electron chi connectivity index (χ3n) is 3.31. The molecular formula is C19H22ClN3O3. The Morgan fingerprint density at radius 2 is 1.58 bits per heavy atom. The largest absolute Gasteiger partial charge is 0.481 e. The molecule has 0 aliphatic carbocycles. The lowest BCUT2D eigenvalue weighted by Gasteiger charge is -2.15. The summed E-state index contributed by atoms with van der Waals surface area (Å²) >= 11 is 5.90. The second-order valence-corrected chi connectivity index (χ2v) is 6.47. The minimum atomic E-state index is -0.692. The Bertz CT molecular complexity index is 763. The zero-order valence-corrected chi connectivity index (χ0v) is 15.6. The predicted molar refractivity (Wildman–Crippen MR) is 104 cm³/mol. The molecule has 0 aromatic heterocycles. The van der Waals surface area contributed by atoms with Crippen LogP contribution in [0.3, 0.4) is 0 Å². The number of hydrogen-bond acceptors (Lipinski definition) is 3. The Balaban J connectivity index is 1.89. The van der Waals surface area contributed by atoms with Gasteiger partial charge in [0.1, 0.15) is 5.75 Å². The molecule has 3 amide bonds. The number of carbonyl (C=O) groups excluding carboxylic acids is 2. The van der Waals surface area contributed by atoms with E-state index in [1.54, 1.807) is 55.5 Å². The molecule has 0 bridgehead atoms. The van der Waals surface area contributed by atoms with Crippen molar-refractivity contribution in [2.75, 3.05) is 10.6 Å². The number of amides is 3. The van der Waals surface area contributed by atoms with Crippen molar-refractivity contribution in [2.24, 2.45) is 0 Å². The highest BCUT2D eigenvalue weighted by atomic mass is 35.5. The van der Waals surface area contributed by atoms with Crippen molar-refractivity contribution in [1.29, 1.82) is 0 Å². The number of rotatable bonds is 6. The van der Waals surface area contributed by atoms with Gasteiger partial charge in [0.25, 0.3) is 5.91 Å². The van der Waals surface area contributed by atoms with E-state index in [1.165, 1.54) is 0 Å². The average molecular weight is 376 g/mol. The standard InChI is InChI=1S/C19H22ClN3O3/c1-12(2)21-19(25)23-16-9-7-15(8-10-16)22-18(24)13(3)26-17-6-4-5-14(20)11-17/h4-13H,1-3H3,(H,22,24)(H2,21,23,25). The minimum absolute atomic E-state index is 0.0505. The molecule has 0 spiro atoms. The summed E-state index contributed by atoms with van der Waals surface area (Å²) in [5, 5.41) is 8.75. The fraction of sp³-hybridized carbons (Fsp3) is 0.263. The zero-order valence-electron chi connectivity index (χ0n) is 14.9. The number of halogens is 1. The molecule has 1 unspecified atom stereocenters. The molecule has 138 valence electrons. The second kappa shape index (κ2) is 9.10. The molecule has 3 N–H and O–H groups in total. The molecule has 0 heterocycles. The van der Waals surface area contributed by atoms with Crippen LogP contribution in [0.5, 0.6) is 5.75 Å². The minimum Gasteiger partial charge on any atom is -0.481 e. The SMILES string of the molecule is CC(C)NC(=O)Nc1ccc(NC(=O)C(C)Oc2cccc(Cl)c2)cc1. The van der Waals surface area contributed by atoms with Crippen LogP contribution >= 0.6 is 11.6 Å². The Morgan fingerprint density at radius 3 is 2.15 bits per heavy atom. The van der Waals surface area contributed by atoms with Crippen LogP contribution in [-0.4, -0.2) is 24.1 Å².